The van der Waals surface area contributed by atoms with Gasteiger partial charge in [0.05, 0.1) is 6.17 Å². The summed E-state index contributed by atoms with van der Waals surface area (Å²) in [6.45, 7) is 12.2. The average molecular weight is 334 g/mol. The van der Waals surface area contributed by atoms with Gasteiger partial charge in [-0.05, 0) is 20.8 Å². The number of carbonyl (C=O) groups is 1. The van der Waals surface area contributed by atoms with Gasteiger partial charge in [0.25, 0.3) is 0 Å². The average Bonchev–Trinajstić information content (AvgIpc) is 2.47. The molecule has 0 bridgehead atoms. The van der Waals surface area contributed by atoms with Crippen molar-refractivity contribution in [3.8, 4) is 0 Å². The van der Waals surface area contributed by atoms with Crippen LogP contribution in [-0.4, -0.2) is 83.2 Å². The summed E-state index contributed by atoms with van der Waals surface area (Å²) in [5.41, 5.74) is 5.20. The van der Waals surface area contributed by atoms with E-state index < -0.39 is 8.80 Å². The fourth-order valence-electron chi connectivity index (χ4n) is 2.63. The molecule has 0 radical (unpaired) electrons. The molecule has 1 rings (SSSR count). The van der Waals surface area contributed by atoms with E-state index in [2.05, 4.69) is 9.80 Å². The Kier molecular flexibility index (Phi) is 9.14. The van der Waals surface area contributed by atoms with Crippen molar-refractivity contribution < 1.29 is 18.1 Å². The number of carbonyl (C=O) groups excluding carboxylic acids is 1. The minimum atomic E-state index is -2.61. The Labute approximate surface area is 135 Å². The molecule has 0 atom stereocenters. The van der Waals surface area contributed by atoms with E-state index in [9.17, 15) is 4.79 Å². The molecule has 1 heterocycles. The van der Waals surface area contributed by atoms with Gasteiger partial charge in [-0.3, -0.25) is 9.69 Å². The maximum Gasteiger partial charge on any atom is 0.515 e. The Hall–Kier alpha value is -0.513. The van der Waals surface area contributed by atoms with Crippen LogP contribution in [0.15, 0.2) is 0 Å². The molecule has 1 fully saturated rings. The number of piperazine rings is 1. The number of nitrogens with two attached hydrogens (primary N) is 1. The van der Waals surface area contributed by atoms with Crippen LogP contribution in [0.4, 0.5) is 0 Å². The summed E-state index contributed by atoms with van der Waals surface area (Å²) in [5.74, 6) is -0.238. The van der Waals surface area contributed by atoms with Crippen LogP contribution >= 0.6 is 0 Å². The Morgan fingerprint density at radius 2 is 1.41 bits per heavy atom. The van der Waals surface area contributed by atoms with Crippen molar-refractivity contribution in [1.82, 2.24) is 9.80 Å². The van der Waals surface area contributed by atoms with Gasteiger partial charge in [-0.1, -0.05) is 0 Å². The second-order valence-corrected chi connectivity index (χ2v) is 7.86. The van der Waals surface area contributed by atoms with E-state index in [1.165, 1.54) is 0 Å². The molecular formula is C14H31N3O4Si. The molecule has 7 nitrogen and oxygen atoms in total. The highest BCUT2D eigenvalue weighted by Crippen LogP contribution is 2.14. The van der Waals surface area contributed by atoms with Gasteiger partial charge in [0, 0.05) is 59.0 Å². The maximum absolute atomic E-state index is 10.9. The lowest BCUT2D eigenvalue weighted by Gasteiger charge is -2.38. The lowest BCUT2D eigenvalue weighted by Crippen LogP contribution is -2.59. The lowest BCUT2D eigenvalue weighted by molar-refractivity contribution is -0.118. The van der Waals surface area contributed by atoms with Crippen LogP contribution in [0.3, 0.4) is 0 Å². The van der Waals surface area contributed by atoms with E-state index in [1.54, 1.807) is 0 Å². The van der Waals surface area contributed by atoms with Crippen molar-refractivity contribution in [1.29, 1.82) is 0 Å². The molecule has 1 aliphatic rings. The van der Waals surface area contributed by atoms with E-state index in [0.29, 0.717) is 26.2 Å². The van der Waals surface area contributed by atoms with Crippen LogP contribution in [0, 0.1) is 0 Å². The summed E-state index contributed by atoms with van der Waals surface area (Å²) >= 11 is 0. The fraction of sp³-hybridized carbons (Fsp3) is 0.929. The minimum Gasteiger partial charge on any atom is -0.373 e. The summed E-state index contributed by atoms with van der Waals surface area (Å²) in [5, 5.41) is 0. The number of amides is 1. The standard InChI is InChI=1S/C14H31N3O4Si/c1-4-19-22(20-5-2,21-6-3)13-17-11-9-16(10-12-17)8-7-14(15)18/h4-13H2,1-3H3,(H2,15,18). The third-order valence-electron chi connectivity index (χ3n) is 3.65. The van der Waals surface area contributed by atoms with Gasteiger partial charge in [-0.25, -0.2) is 0 Å². The quantitative estimate of drug-likeness (QED) is 0.539. The van der Waals surface area contributed by atoms with Crippen molar-refractivity contribution in [3.63, 3.8) is 0 Å². The molecule has 0 saturated carbocycles. The second kappa shape index (κ2) is 10.3. The molecule has 22 heavy (non-hydrogen) atoms. The third-order valence-corrected chi connectivity index (χ3v) is 6.67. The normalized spacial score (nSPS) is 17.8. The molecule has 0 aromatic heterocycles. The largest absolute Gasteiger partial charge is 0.515 e. The van der Waals surface area contributed by atoms with Crippen LogP contribution in [0.25, 0.3) is 0 Å². The van der Waals surface area contributed by atoms with Gasteiger partial charge in [0.15, 0.2) is 0 Å². The Morgan fingerprint density at radius 3 is 1.82 bits per heavy atom. The van der Waals surface area contributed by atoms with Gasteiger partial charge < -0.3 is 23.9 Å². The molecule has 0 spiro atoms. The van der Waals surface area contributed by atoms with Crippen molar-refractivity contribution in [2.24, 2.45) is 5.73 Å². The molecule has 0 unspecified atom stereocenters. The highest BCUT2D eigenvalue weighted by molar-refractivity contribution is 6.60. The molecule has 8 heteroatoms. The first-order valence-corrected chi connectivity index (χ1v) is 10.1. The summed E-state index contributed by atoms with van der Waals surface area (Å²) < 4.78 is 17.7. The van der Waals surface area contributed by atoms with Gasteiger partial charge in [0.2, 0.25) is 5.91 Å². The van der Waals surface area contributed by atoms with Gasteiger partial charge in [-0.15, -0.1) is 0 Å². The van der Waals surface area contributed by atoms with Crippen LogP contribution in [0.2, 0.25) is 0 Å². The van der Waals surface area contributed by atoms with E-state index in [-0.39, 0.29) is 5.91 Å². The van der Waals surface area contributed by atoms with Crippen LogP contribution in [0.5, 0.6) is 0 Å². The SMILES string of the molecule is CCO[Si](CN1CCN(CCC(N)=O)CC1)(OCC)OCC. The molecular weight excluding hydrogens is 302 g/mol. The molecule has 1 saturated heterocycles. The number of nitrogens with zero attached hydrogens (tertiary/aromatic N) is 2. The van der Waals surface area contributed by atoms with Crippen molar-refractivity contribution in [3.05, 3.63) is 0 Å². The maximum atomic E-state index is 10.9. The second-order valence-electron chi connectivity index (χ2n) is 5.32. The third kappa shape index (κ3) is 6.72. The molecule has 1 amide bonds. The molecule has 0 aliphatic carbocycles. The smallest absolute Gasteiger partial charge is 0.373 e. The van der Waals surface area contributed by atoms with Crippen molar-refractivity contribution in [2.45, 2.75) is 27.2 Å². The van der Waals surface area contributed by atoms with E-state index in [0.717, 1.165) is 38.9 Å². The minimum absolute atomic E-state index is 0.238. The first-order chi connectivity index (χ1) is 10.5. The number of primary amides is 1. The summed E-state index contributed by atoms with van der Waals surface area (Å²) in [7, 11) is -2.61. The lowest BCUT2D eigenvalue weighted by atomic mass is 10.3. The van der Waals surface area contributed by atoms with Crippen LogP contribution in [0.1, 0.15) is 27.2 Å². The molecule has 2 N–H and O–H groups in total. The Balaban J connectivity index is 2.48. The summed E-state index contributed by atoms with van der Waals surface area (Å²) in [4.78, 5) is 15.5. The fourth-order valence-corrected chi connectivity index (χ4v) is 5.34. The van der Waals surface area contributed by atoms with Gasteiger partial charge >= 0.3 is 8.80 Å². The molecule has 130 valence electrons. The summed E-state index contributed by atoms with van der Waals surface area (Å²) in [6.07, 6.45) is 1.15. The zero-order valence-electron chi connectivity index (χ0n) is 14.2. The molecule has 0 aromatic rings. The van der Waals surface area contributed by atoms with Crippen LogP contribution in [-0.2, 0) is 18.1 Å². The number of hydrogen-bond donors (Lipinski definition) is 1. The first kappa shape index (κ1) is 19.5. The molecule has 0 aromatic carbocycles. The topological polar surface area (TPSA) is 77.3 Å². The highest BCUT2D eigenvalue weighted by atomic mass is 28.4. The highest BCUT2D eigenvalue weighted by Gasteiger charge is 2.42. The van der Waals surface area contributed by atoms with Crippen LogP contribution < -0.4 is 5.73 Å². The van der Waals surface area contributed by atoms with E-state index >= 15 is 0 Å². The number of rotatable bonds is 11. The van der Waals surface area contributed by atoms with E-state index in [1.807, 2.05) is 20.8 Å². The predicted molar refractivity (Wildman–Crippen MR) is 87.3 cm³/mol. The van der Waals surface area contributed by atoms with Crippen molar-refractivity contribution in [2.75, 3.05) is 58.7 Å². The first-order valence-electron chi connectivity index (χ1n) is 8.20. The monoisotopic (exact) mass is 333 g/mol. The van der Waals surface area contributed by atoms with Gasteiger partial charge in [-0.2, -0.15) is 0 Å². The van der Waals surface area contributed by atoms with Gasteiger partial charge in [0.1, 0.15) is 0 Å². The van der Waals surface area contributed by atoms with Crippen molar-refractivity contribution >= 4 is 14.7 Å². The number of hydrogen-bond acceptors (Lipinski definition) is 6. The zero-order chi connectivity index (χ0) is 16.4. The summed E-state index contributed by atoms with van der Waals surface area (Å²) in [6, 6.07) is 0. The Bertz CT molecular complexity index is 308. The molecule has 1 aliphatic heterocycles. The Morgan fingerprint density at radius 1 is 0.955 bits per heavy atom. The zero-order valence-corrected chi connectivity index (χ0v) is 15.2. The van der Waals surface area contributed by atoms with E-state index in [4.69, 9.17) is 19.0 Å². The predicted octanol–water partition coefficient (Wildman–Crippen LogP) is 0.0670.